The van der Waals surface area contributed by atoms with E-state index < -0.39 is 11.6 Å². The Morgan fingerprint density at radius 1 is 0.833 bits per heavy atom. The van der Waals surface area contributed by atoms with Crippen LogP contribution in [-0.4, -0.2) is 56.3 Å². The molecular formula is C33H32N4O5. The average Bonchev–Trinajstić information content (AvgIpc) is 3.69. The number of ketones is 2. The first-order valence-electron chi connectivity index (χ1n) is 14.0. The zero-order valence-electron chi connectivity index (χ0n) is 24.5. The lowest BCUT2D eigenvalue weighted by molar-refractivity contribution is -0.140. The highest BCUT2D eigenvalue weighted by molar-refractivity contribution is 6.57. The van der Waals surface area contributed by atoms with E-state index in [-0.39, 0.29) is 31.0 Å². The van der Waals surface area contributed by atoms with Gasteiger partial charge in [0.2, 0.25) is 11.6 Å². The van der Waals surface area contributed by atoms with Crippen molar-refractivity contribution in [2.75, 3.05) is 13.7 Å². The maximum Gasteiger partial charge on any atom is 0.305 e. The first-order valence-corrected chi connectivity index (χ1v) is 14.0. The number of carbonyl (C=O) groups excluding carboxylic acids is 3. The smallest absolute Gasteiger partial charge is 0.305 e. The number of nitrogens with zero attached hydrogens (tertiary/aromatic N) is 2. The summed E-state index contributed by atoms with van der Waals surface area (Å²) in [5.74, 6) is -1.58. The predicted molar refractivity (Wildman–Crippen MR) is 162 cm³/mol. The normalized spacial score (nSPS) is 14.5. The summed E-state index contributed by atoms with van der Waals surface area (Å²) in [5.41, 5.74) is 11.7. The van der Waals surface area contributed by atoms with Crippen molar-refractivity contribution in [2.45, 2.75) is 53.9 Å². The summed E-state index contributed by atoms with van der Waals surface area (Å²) >= 11 is 0. The quantitative estimate of drug-likeness (QED) is 0.268. The summed E-state index contributed by atoms with van der Waals surface area (Å²) in [7, 11) is 1.33. The number of fused-ring (bicyclic) bond motifs is 8. The molecule has 0 aromatic carbocycles. The molecule has 9 nitrogen and oxygen atoms in total. The lowest BCUT2D eigenvalue weighted by atomic mass is 9.97. The SMILES string of the molecule is CCc1c(C)c2cc3nc(cc4nc(c5c6[nH]c(cc1[nH]2)c(C)c6C(=O)C5=O)C(CCC(=O)OC)=C4C)C(C)=C3CO. The number of carbonyl (C=O) groups is 3. The van der Waals surface area contributed by atoms with Crippen LogP contribution in [0.15, 0.2) is 18.2 Å². The Morgan fingerprint density at radius 3 is 2.19 bits per heavy atom. The second-order valence-electron chi connectivity index (χ2n) is 11.0. The van der Waals surface area contributed by atoms with Crippen molar-refractivity contribution >= 4 is 61.9 Å². The Labute approximate surface area is 242 Å². The molecule has 3 aromatic heterocycles. The fraction of sp³-hybridized carbons (Fsp3) is 0.303. The molecule has 0 unspecified atom stereocenters. The van der Waals surface area contributed by atoms with Gasteiger partial charge in [0.1, 0.15) is 0 Å². The molecule has 3 aromatic rings. The molecule has 1 aliphatic carbocycles. The molecule has 3 aliphatic rings. The van der Waals surface area contributed by atoms with Crippen LogP contribution in [0, 0.1) is 13.8 Å². The third-order valence-electron chi connectivity index (χ3n) is 8.79. The zero-order chi connectivity index (χ0) is 30.0. The molecule has 0 saturated carbocycles. The molecule has 0 amide bonds. The van der Waals surface area contributed by atoms with Gasteiger partial charge in [-0.2, -0.15) is 0 Å². The zero-order valence-corrected chi connectivity index (χ0v) is 24.5. The number of esters is 1. The number of nitrogens with one attached hydrogen (secondary N) is 2. The number of allylic oxidation sites excluding steroid dienone is 3. The maximum absolute atomic E-state index is 13.5. The van der Waals surface area contributed by atoms with Crippen molar-refractivity contribution in [3.8, 4) is 0 Å². The second kappa shape index (κ2) is 10.0. The first-order chi connectivity index (χ1) is 20.1. The molecule has 0 radical (unpaired) electrons. The number of aliphatic hydroxyl groups excluding tert-OH is 1. The average molecular weight is 565 g/mol. The van der Waals surface area contributed by atoms with E-state index in [1.807, 2.05) is 39.0 Å². The minimum atomic E-state index is -0.621. The number of hydrogen-bond acceptors (Lipinski definition) is 7. The van der Waals surface area contributed by atoms with E-state index in [2.05, 4.69) is 23.8 Å². The number of aromatic amines is 2. The third kappa shape index (κ3) is 3.99. The largest absolute Gasteiger partial charge is 0.469 e. The Morgan fingerprint density at radius 2 is 1.50 bits per heavy atom. The Balaban J connectivity index is 1.80. The molecule has 2 aliphatic heterocycles. The van der Waals surface area contributed by atoms with Crippen LogP contribution >= 0.6 is 0 Å². The van der Waals surface area contributed by atoms with Gasteiger partial charge in [-0.05, 0) is 92.1 Å². The van der Waals surface area contributed by atoms with Crippen molar-refractivity contribution in [2.24, 2.45) is 0 Å². The van der Waals surface area contributed by atoms with Crippen LogP contribution in [0.25, 0.3) is 44.4 Å². The van der Waals surface area contributed by atoms with Gasteiger partial charge in [-0.1, -0.05) is 6.92 Å². The van der Waals surface area contributed by atoms with Gasteiger partial charge < -0.3 is 19.8 Å². The van der Waals surface area contributed by atoms with Crippen LogP contribution in [0.2, 0.25) is 0 Å². The summed E-state index contributed by atoms with van der Waals surface area (Å²) in [6.45, 7) is 9.60. The number of rotatable bonds is 5. The van der Waals surface area contributed by atoms with Crippen molar-refractivity contribution in [1.82, 2.24) is 19.9 Å². The Bertz CT molecular complexity index is 1990. The van der Waals surface area contributed by atoms with E-state index in [4.69, 9.17) is 14.7 Å². The minimum absolute atomic E-state index is 0.0933. The number of H-pyrrole nitrogens is 2. The molecule has 3 N–H and O–H groups in total. The topological polar surface area (TPSA) is 138 Å². The fourth-order valence-corrected chi connectivity index (χ4v) is 6.28. The molecule has 9 heteroatoms. The maximum atomic E-state index is 13.5. The van der Waals surface area contributed by atoms with Gasteiger partial charge in [0.05, 0.1) is 53.1 Å². The van der Waals surface area contributed by atoms with Crippen molar-refractivity contribution < 1.29 is 24.2 Å². The summed E-state index contributed by atoms with van der Waals surface area (Å²) in [6.07, 6.45) is 1.15. The summed E-state index contributed by atoms with van der Waals surface area (Å²) in [5, 5.41) is 10.3. The number of aryl methyl sites for hydroxylation is 3. The Hall–Kier alpha value is -4.63. The van der Waals surface area contributed by atoms with E-state index >= 15 is 0 Å². The van der Waals surface area contributed by atoms with Crippen LogP contribution in [-0.2, 0) is 16.0 Å². The highest BCUT2D eigenvalue weighted by Crippen LogP contribution is 2.41. The van der Waals surface area contributed by atoms with Gasteiger partial charge in [-0.3, -0.25) is 14.4 Å². The molecule has 0 atom stereocenters. The summed E-state index contributed by atoms with van der Waals surface area (Å²) < 4.78 is 4.88. The van der Waals surface area contributed by atoms with Gasteiger partial charge in [-0.15, -0.1) is 0 Å². The Kier molecular flexibility index (Phi) is 6.57. The van der Waals surface area contributed by atoms with Crippen molar-refractivity contribution in [3.05, 3.63) is 68.8 Å². The van der Waals surface area contributed by atoms with Crippen LogP contribution in [0.5, 0.6) is 0 Å². The lowest BCUT2D eigenvalue weighted by Gasteiger charge is -2.06. The highest BCUT2D eigenvalue weighted by Gasteiger charge is 2.37. The summed E-state index contributed by atoms with van der Waals surface area (Å²) in [6, 6.07) is 5.77. The summed E-state index contributed by atoms with van der Waals surface area (Å²) in [4.78, 5) is 55.7. The lowest BCUT2D eigenvalue weighted by Crippen LogP contribution is -2.10. The second-order valence-corrected chi connectivity index (χ2v) is 11.0. The number of Topliss-reactive ketones (excluding diaryl/α,β-unsaturated/α-hetero) is 2. The molecule has 6 rings (SSSR count). The van der Waals surface area contributed by atoms with E-state index in [0.29, 0.717) is 45.0 Å². The number of ether oxygens (including phenoxy) is 1. The number of methoxy groups -OCH3 is 1. The molecular weight excluding hydrogens is 532 g/mol. The molecule has 0 spiro atoms. The molecule has 42 heavy (non-hydrogen) atoms. The standard InChI is InChI=1S/C33H32N4O5/c1-7-18-14(2)22-11-26-20(13-38)16(4)21(35-26)10-23-15(3)19(8-9-27(39)42-6)30(36-23)29-31-28(32(40)33(29)41)17(5)24(37-31)12-25(18)34-22/h10-12,34,37-38H,7-9,13H2,1-6H3. The monoisotopic (exact) mass is 564 g/mol. The van der Waals surface area contributed by atoms with Crippen LogP contribution in [0.4, 0.5) is 0 Å². The minimum Gasteiger partial charge on any atom is -0.469 e. The van der Waals surface area contributed by atoms with Gasteiger partial charge in [-0.25, -0.2) is 9.97 Å². The van der Waals surface area contributed by atoms with Gasteiger partial charge in [0, 0.05) is 28.5 Å². The van der Waals surface area contributed by atoms with Gasteiger partial charge in [0.25, 0.3) is 0 Å². The molecule has 0 fully saturated rings. The van der Waals surface area contributed by atoms with E-state index in [0.717, 1.165) is 50.8 Å². The first kappa shape index (κ1) is 27.5. The van der Waals surface area contributed by atoms with E-state index in [1.165, 1.54) is 7.11 Å². The number of hydrogen-bond donors (Lipinski definition) is 3. The van der Waals surface area contributed by atoms with Crippen molar-refractivity contribution in [1.29, 1.82) is 0 Å². The van der Waals surface area contributed by atoms with Gasteiger partial charge in [0.15, 0.2) is 0 Å². The molecule has 8 bridgehead atoms. The number of aliphatic hydroxyl groups is 1. The van der Waals surface area contributed by atoms with Gasteiger partial charge >= 0.3 is 5.97 Å². The van der Waals surface area contributed by atoms with E-state index in [1.54, 1.807) is 0 Å². The molecule has 0 saturated heterocycles. The highest BCUT2D eigenvalue weighted by atomic mass is 16.5. The van der Waals surface area contributed by atoms with Crippen LogP contribution < -0.4 is 0 Å². The predicted octanol–water partition coefficient (Wildman–Crippen LogP) is 5.68. The molecule has 214 valence electrons. The van der Waals surface area contributed by atoms with Crippen LogP contribution in [0.3, 0.4) is 0 Å². The van der Waals surface area contributed by atoms with Crippen LogP contribution in [0.1, 0.15) is 93.8 Å². The number of aromatic nitrogens is 4. The third-order valence-corrected chi connectivity index (χ3v) is 8.79. The fourth-order valence-electron chi connectivity index (χ4n) is 6.28. The molecule has 5 heterocycles. The van der Waals surface area contributed by atoms with E-state index in [9.17, 15) is 19.5 Å². The van der Waals surface area contributed by atoms with Crippen molar-refractivity contribution in [3.63, 3.8) is 0 Å².